The van der Waals surface area contributed by atoms with Crippen LogP contribution in [0.1, 0.15) is 26.5 Å². The van der Waals surface area contributed by atoms with E-state index in [1.54, 1.807) is 50.5 Å². The number of carbonyl (C=O) groups excluding carboxylic acids is 1. The Bertz CT molecular complexity index is 1380. The molecule has 10 heteroatoms. The summed E-state index contributed by atoms with van der Waals surface area (Å²) in [4.78, 5) is 29.7. The molecule has 170 valence electrons. The van der Waals surface area contributed by atoms with E-state index in [0.29, 0.717) is 5.75 Å². The minimum absolute atomic E-state index is 0.191. The summed E-state index contributed by atoms with van der Waals surface area (Å²) in [5.41, 5.74) is 3.40. The van der Waals surface area contributed by atoms with Crippen molar-refractivity contribution >= 4 is 16.8 Å². The monoisotopic (exact) mass is 448 g/mol. The fourth-order valence-corrected chi connectivity index (χ4v) is 3.52. The van der Waals surface area contributed by atoms with Crippen LogP contribution in [0.2, 0.25) is 0 Å². The minimum atomic E-state index is -1.65. The highest BCUT2D eigenvalue weighted by molar-refractivity contribution is 5.86. The molecule has 1 atom stereocenters. The Morgan fingerprint density at radius 1 is 1.18 bits per heavy atom. The Balaban J connectivity index is 1.69. The lowest BCUT2D eigenvalue weighted by Gasteiger charge is -2.25. The van der Waals surface area contributed by atoms with Gasteiger partial charge in [-0.3, -0.25) is 19.3 Å². The zero-order valence-corrected chi connectivity index (χ0v) is 18.5. The van der Waals surface area contributed by atoms with Crippen molar-refractivity contribution in [2.24, 2.45) is 5.73 Å². The van der Waals surface area contributed by atoms with E-state index in [0.717, 1.165) is 15.6 Å². The van der Waals surface area contributed by atoms with E-state index in [-0.39, 0.29) is 18.0 Å². The van der Waals surface area contributed by atoms with Gasteiger partial charge in [0.25, 0.3) is 11.5 Å². The quantitative estimate of drug-likeness (QED) is 0.440. The molecule has 0 fully saturated rings. The van der Waals surface area contributed by atoms with Crippen LogP contribution in [0.15, 0.2) is 65.8 Å². The number of rotatable bonds is 7. The lowest BCUT2D eigenvalue weighted by atomic mass is 9.97. The van der Waals surface area contributed by atoms with Gasteiger partial charge in [-0.25, -0.2) is 4.68 Å². The molecule has 1 unspecified atom stereocenters. The second kappa shape index (κ2) is 8.14. The predicted octanol–water partition coefficient (Wildman–Crippen LogP) is 1.80. The molecule has 0 saturated heterocycles. The summed E-state index contributed by atoms with van der Waals surface area (Å²) in [6.07, 6.45) is 4.62. The number of aliphatic hydroxyl groups is 1. The molecule has 1 aromatic carbocycles. The number of hydrogen-bond acceptors (Lipinski definition) is 7. The number of benzene rings is 1. The van der Waals surface area contributed by atoms with Gasteiger partial charge in [0.2, 0.25) is 0 Å². The zero-order valence-electron chi connectivity index (χ0n) is 18.5. The second-order valence-corrected chi connectivity index (χ2v) is 8.52. The van der Waals surface area contributed by atoms with Crippen molar-refractivity contribution in [2.75, 3.05) is 0 Å². The summed E-state index contributed by atoms with van der Waals surface area (Å²) in [7, 11) is 0. The van der Waals surface area contributed by atoms with Gasteiger partial charge in [-0.2, -0.15) is 10.2 Å². The van der Waals surface area contributed by atoms with Crippen molar-refractivity contribution in [1.29, 1.82) is 0 Å². The number of nitrogens with zero attached hydrogens (tertiary/aromatic N) is 5. The standard InChI is InChI=1S/C23H24N6O4/c1-22(2,32)14-28-11-9-19(27-28)23(3,21(24)31)29-20(30)12-15(13-26-29)33-18-8-4-7-17-16(18)6-5-10-25-17/h4-13,32H,14H2,1-3H3,(H2,24,31). The van der Waals surface area contributed by atoms with Crippen LogP contribution in [0.25, 0.3) is 10.9 Å². The highest BCUT2D eigenvalue weighted by Gasteiger charge is 2.40. The van der Waals surface area contributed by atoms with Gasteiger partial charge in [-0.05, 0) is 51.1 Å². The summed E-state index contributed by atoms with van der Waals surface area (Å²) < 4.78 is 8.34. The van der Waals surface area contributed by atoms with Crippen LogP contribution in [-0.2, 0) is 16.9 Å². The molecule has 3 heterocycles. The van der Waals surface area contributed by atoms with Crippen LogP contribution in [0, 0.1) is 0 Å². The molecule has 0 saturated carbocycles. The van der Waals surface area contributed by atoms with E-state index < -0.39 is 22.6 Å². The first-order chi connectivity index (χ1) is 15.6. The lowest BCUT2D eigenvalue weighted by molar-refractivity contribution is -0.124. The Labute approximate surface area is 189 Å². The number of aromatic nitrogens is 5. The zero-order chi connectivity index (χ0) is 23.8. The van der Waals surface area contributed by atoms with Crippen LogP contribution < -0.4 is 16.0 Å². The molecule has 0 bridgehead atoms. The summed E-state index contributed by atoms with van der Waals surface area (Å²) in [6.45, 7) is 4.94. The lowest BCUT2D eigenvalue weighted by Crippen LogP contribution is -2.50. The molecule has 0 spiro atoms. The number of ether oxygens (including phenoxy) is 1. The average Bonchev–Trinajstić information content (AvgIpc) is 3.20. The third kappa shape index (κ3) is 4.33. The van der Waals surface area contributed by atoms with Crippen molar-refractivity contribution < 1.29 is 14.6 Å². The molecule has 3 aromatic heterocycles. The maximum Gasteiger partial charge on any atom is 0.271 e. The molecule has 0 aliphatic rings. The topological polar surface area (TPSA) is 138 Å². The van der Waals surface area contributed by atoms with E-state index in [1.807, 2.05) is 12.1 Å². The SMILES string of the molecule is CC(C)(O)Cn1ccc(C(C)(C(N)=O)n2ncc(Oc3cccc4ncccc34)cc2=O)n1. The molecule has 3 N–H and O–H groups in total. The van der Waals surface area contributed by atoms with Crippen molar-refractivity contribution in [2.45, 2.75) is 38.5 Å². The number of amides is 1. The van der Waals surface area contributed by atoms with Crippen molar-refractivity contribution in [3.05, 3.63) is 77.1 Å². The highest BCUT2D eigenvalue weighted by atomic mass is 16.5. The third-order valence-electron chi connectivity index (χ3n) is 5.20. The average molecular weight is 448 g/mol. The first-order valence-corrected chi connectivity index (χ1v) is 10.3. The van der Waals surface area contributed by atoms with Crippen LogP contribution in [0.3, 0.4) is 0 Å². The van der Waals surface area contributed by atoms with Crippen LogP contribution in [-0.4, -0.2) is 41.2 Å². The first-order valence-electron chi connectivity index (χ1n) is 10.3. The predicted molar refractivity (Wildman–Crippen MR) is 121 cm³/mol. The molecule has 4 aromatic rings. The van der Waals surface area contributed by atoms with E-state index in [1.165, 1.54) is 23.9 Å². The van der Waals surface area contributed by atoms with E-state index in [9.17, 15) is 14.7 Å². The number of fused-ring (bicyclic) bond motifs is 1. The fourth-order valence-electron chi connectivity index (χ4n) is 3.52. The van der Waals surface area contributed by atoms with Crippen molar-refractivity contribution in [1.82, 2.24) is 24.5 Å². The van der Waals surface area contributed by atoms with E-state index in [4.69, 9.17) is 10.5 Å². The van der Waals surface area contributed by atoms with Crippen molar-refractivity contribution in [3.8, 4) is 11.5 Å². The molecule has 0 aliphatic carbocycles. The second-order valence-electron chi connectivity index (χ2n) is 8.52. The first kappa shape index (κ1) is 22.2. The minimum Gasteiger partial charge on any atom is -0.455 e. The number of primary amides is 1. The maximum absolute atomic E-state index is 13.0. The summed E-state index contributed by atoms with van der Waals surface area (Å²) in [5.74, 6) is -0.0889. The van der Waals surface area contributed by atoms with Gasteiger partial charge in [0, 0.05) is 23.8 Å². The smallest absolute Gasteiger partial charge is 0.271 e. The Morgan fingerprint density at radius 2 is 1.97 bits per heavy atom. The molecule has 10 nitrogen and oxygen atoms in total. The van der Waals surface area contributed by atoms with Gasteiger partial charge in [-0.1, -0.05) is 6.07 Å². The normalized spacial score (nSPS) is 13.6. The molecular weight excluding hydrogens is 424 g/mol. The van der Waals surface area contributed by atoms with Gasteiger partial charge in [0.15, 0.2) is 11.3 Å². The third-order valence-corrected chi connectivity index (χ3v) is 5.20. The Kier molecular flexibility index (Phi) is 5.46. The molecule has 0 radical (unpaired) electrons. The van der Waals surface area contributed by atoms with Crippen LogP contribution >= 0.6 is 0 Å². The largest absolute Gasteiger partial charge is 0.455 e. The summed E-state index contributed by atoms with van der Waals surface area (Å²) in [5, 5.41) is 19.3. The molecular formula is C23H24N6O4. The Hall–Kier alpha value is -4.05. The molecule has 1 amide bonds. The molecule has 0 aliphatic heterocycles. The fraction of sp³-hybridized carbons (Fsp3) is 0.261. The number of hydrogen-bond donors (Lipinski definition) is 2. The van der Waals surface area contributed by atoms with Gasteiger partial charge >= 0.3 is 0 Å². The highest BCUT2D eigenvalue weighted by Crippen LogP contribution is 2.28. The van der Waals surface area contributed by atoms with Crippen LogP contribution in [0.4, 0.5) is 0 Å². The van der Waals surface area contributed by atoms with Gasteiger partial charge < -0.3 is 15.6 Å². The molecule has 4 rings (SSSR count). The Morgan fingerprint density at radius 3 is 2.67 bits per heavy atom. The maximum atomic E-state index is 13.0. The number of pyridine rings is 1. The van der Waals surface area contributed by atoms with Crippen molar-refractivity contribution in [3.63, 3.8) is 0 Å². The summed E-state index contributed by atoms with van der Waals surface area (Å²) >= 11 is 0. The number of nitrogens with two attached hydrogens (primary N) is 1. The van der Waals surface area contributed by atoms with Gasteiger partial charge in [0.1, 0.15) is 5.75 Å². The van der Waals surface area contributed by atoms with E-state index >= 15 is 0 Å². The molecule has 33 heavy (non-hydrogen) atoms. The van der Waals surface area contributed by atoms with E-state index in [2.05, 4.69) is 15.2 Å². The van der Waals surface area contributed by atoms with Gasteiger partial charge in [-0.15, -0.1) is 0 Å². The summed E-state index contributed by atoms with van der Waals surface area (Å²) in [6, 6.07) is 11.9. The van der Waals surface area contributed by atoms with Crippen LogP contribution in [0.5, 0.6) is 11.5 Å². The van der Waals surface area contributed by atoms with Gasteiger partial charge in [0.05, 0.1) is 29.6 Å². The number of carbonyl (C=O) groups is 1.